The van der Waals surface area contributed by atoms with Gasteiger partial charge in [0, 0.05) is 46.3 Å². The first-order valence-electron chi connectivity index (χ1n) is 7.42. The minimum atomic E-state index is 0.297. The summed E-state index contributed by atoms with van der Waals surface area (Å²) in [6, 6.07) is 14.6. The average Bonchev–Trinajstić information content (AvgIpc) is 2.97. The number of aromatic nitrogens is 2. The molecule has 0 aliphatic heterocycles. The van der Waals surface area contributed by atoms with Gasteiger partial charge in [0.1, 0.15) is 0 Å². The van der Waals surface area contributed by atoms with Crippen molar-refractivity contribution in [2.45, 2.75) is 13.8 Å². The highest BCUT2D eigenvalue weighted by atomic mass is 16.3. The third kappa shape index (κ3) is 1.75. The second-order valence-electron chi connectivity index (χ2n) is 6.00. The summed E-state index contributed by atoms with van der Waals surface area (Å²) in [7, 11) is 2.07. The molecule has 2 aromatic carbocycles. The molecule has 4 rings (SSSR count). The van der Waals surface area contributed by atoms with Crippen molar-refractivity contribution in [2.24, 2.45) is 7.05 Å². The topological polar surface area (TPSA) is 30.1 Å². The summed E-state index contributed by atoms with van der Waals surface area (Å²) < 4.78 is 4.03. The second kappa shape index (κ2) is 4.41. The third-order valence-corrected chi connectivity index (χ3v) is 4.49. The summed E-state index contributed by atoms with van der Waals surface area (Å²) in [4.78, 5) is 0. The fraction of sp³-hybridized carbons (Fsp3) is 0.158. The van der Waals surface area contributed by atoms with Crippen LogP contribution in [0.25, 0.3) is 27.4 Å². The lowest BCUT2D eigenvalue weighted by atomic mass is 10.1. The van der Waals surface area contributed by atoms with Crippen LogP contribution in [0.15, 0.2) is 48.7 Å². The van der Waals surface area contributed by atoms with Crippen LogP contribution in [0.4, 0.5) is 0 Å². The molecular formula is C19H18N2O. The molecular weight excluding hydrogens is 272 g/mol. The van der Waals surface area contributed by atoms with Gasteiger partial charge in [-0.2, -0.15) is 0 Å². The van der Waals surface area contributed by atoms with E-state index >= 15 is 0 Å². The van der Waals surface area contributed by atoms with Crippen LogP contribution in [-0.2, 0) is 7.05 Å². The number of fused-ring (bicyclic) bond motifs is 2. The van der Waals surface area contributed by atoms with Crippen molar-refractivity contribution < 1.29 is 5.11 Å². The van der Waals surface area contributed by atoms with Gasteiger partial charge in [0.15, 0.2) is 0 Å². The Morgan fingerprint density at radius 3 is 2.55 bits per heavy atom. The molecule has 4 aromatic rings. The molecule has 2 aromatic heterocycles. The molecule has 0 saturated carbocycles. The van der Waals surface area contributed by atoms with Gasteiger partial charge in [-0.1, -0.05) is 17.7 Å². The van der Waals surface area contributed by atoms with Crippen molar-refractivity contribution in [3.63, 3.8) is 0 Å². The quantitative estimate of drug-likeness (QED) is 0.551. The molecule has 110 valence electrons. The van der Waals surface area contributed by atoms with Crippen LogP contribution < -0.4 is 0 Å². The lowest BCUT2D eigenvalue weighted by Gasteiger charge is -2.06. The van der Waals surface area contributed by atoms with Crippen molar-refractivity contribution >= 4 is 21.7 Å². The monoisotopic (exact) mass is 290 g/mol. The van der Waals surface area contributed by atoms with Crippen molar-refractivity contribution in [3.8, 4) is 11.6 Å². The Hall–Kier alpha value is -2.68. The van der Waals surface area contributed by atoms with E-state index in [0.717, 1.165) is 22.0 Å². The van der Waals surface area contributed by atoms with Crippen molar-refractivity contribution in [1.29, 1.82) is 0 Å². The highest BCUT2D eigenvalue weighted by Crippen LogP contribution is 2.32. The fourth-order valence-electron chi connectivity index (χ4n) is 3.13. The zero-order valence-corrected chi connectivity index (χ0v) is 13.0. The van der Waals surface area contributed by atoms with Gasteiger partial charge in [-0.05, 0) is 44.2 Å². The standard InChI is InChI=1S/C19H18N2O/c1-12-4-5-14-11-21(19(22)17(14)8-12)16-6-7-18-15(10-16)9-13(2)20(18)3/h4-11,22H,1-3H3. The Bertz CT molecular complexity index is 1020. The van der Waals surface area contributed by atoms with Gasteiger partial charge < -0.3 is 9.67 Å². The zero-order chi connectivity index (χ0) is 15.4. The van der Waals surface area contributed by atoms with Gasteiger partial charge in [0.25, 0.3) is 0 Å². The first-order valence-corrected chi connectivity index (χ1v) is 7.42. The Morgan fingerprint density at radius 2 is 1.73 bits per heavy atom. The molecule has 22 heavy (non-hydrogen) atoms. The molecule has 0 aliphatic carbocycles. The average molecular weight is 290 g/mol. The van der Waals surface area contributed by atoms with Crippen LogP contribution in [0.5, 0.6) is 5.88 Å². The van der Waals surface area contributed by atoms with Crippen LogP contribution in [0, 0.1) is 13.8 Å². The molecule has 3 nitrogen and oxygen atoms in total. The van der Waals surface area contributed by atoms with Crippen molar-refractivity contribution in [2.75, 3.05) is 0 Å². The van der Waals surface area contributed by atoms with Crippen LogP contribution in [0.3, 0.4) is 0 Å². The molecule has 0 saturated heterocycles. The van der Waals surface area contributed by atoms with Crippen LogP contribution in [0.1, 0.15) is 11.3 Å². The van der Waals surface area contributed by atoms with Gasteiger partial charge >= 0.3 is 0 Å². The molecule has 0 bridgehead atoms. The highest BCUT2D eigenvalue weighted by Gasteiger charge is 2.11. The summed E-state index contributed by atoms with van der Waals surface area (Å²) in [5.41, 5.74) is 4.55. The minimum Gasteiger partial charge on any atom is -0.494 e. The van der Waals surface area contributed by atoms with Gasteiger partial charge in [-0.25, -0.2) is 0 Å². The normalized spacial score (nSPS) is 11.6. The predicted molar refractivity (Wildman–Crippen MR) is 90.9 cm³/mol. The van der Waals surface area contributed by atoms with Crippen molar-refractivity contribution in [1.82, 2.24) is 9.13 Å². The van der Waals surface area contributed by atoms with Crippen LogP contribution in [-0.4, -0.2) is 14.2 Å². The zero-order valence-electron chi connectivity index (χ0n) is 13.0. The van der Waals surface area contributed by atoms with E-state index in [1.54, 1.807) is 0 Å². The van der Waals surface area contributed by atoms with E-state index in [2.05, 4.69) is 42.8 Å². The summed E-state index contributed by atoms with van der Waals surface area (Å²) >= 11 is 0. The molecule has 0 spiro atoms. The summed E-state index contributed by atoms with van der Waals surface area (Å²) in [5.74, 6) is 0.297. The Labute approximate surface area is 129 Å². The molecule has 1 N–H and O–H groups in total. The Morgan fingerprint density at radius 1 is 0.909 bits per heavy atom. The van der Waals surface area contributed by atoms with Crippen LogP contribution in [0.2, 0.25) is 0 Å². The maximum absolute atomic E-state index is 10.6. The number of benzene rings is 2. The van der Waals surface area contributed by atoms with Gasteiger partial charge in [0.05, 0.1) is 0 Å². The highest BCUT2D eigenvalue weighted by molar-refractivity contribution is 5.90. The number of aromatic hydroxyl groups is 1. The molecule has 0 unspecified atom stereocenters. The Balaban J connectivity index is 1.96. The van der Waals surface area contributed by atoms with Crippen LogP contribution >= 0.6 is 0 Å². The summed E-state index contributed by atoms with van der Waals surface area (Å²) in [6.07, 6.45) is 1.99. The fourth-order valence-corrected chi connectivity index (χ4v) is 3.13. The van der Waals surface area contributed by atoms with Gasteiger partial charge in [0.2, 0.25) is 5.88 Å². The number of rotatable bonds is 1. The first kappa shape index (κ1) is 13.0. The smallest absolute Gasteiger partial charge is 0.203 e. The van der Waals surface area contributed by atoms with Crippen molar-refractivity contribution in [3.05, 3.63) is 59.9 Å². The Kier molecular flexibility index (Phi) is 2.61. The molecule has 2 heterocycles. The van der Waals surface area contributed by atoms with E-state index in [9.17, 15) is 5.11 Å². The van der Waals surface area contributed by atoms with E-state index < -0.39 is 0 Å². The molecule has 0 aliphatic rings. The molecule has 0 atom stereocenters. The van der Waals surface area contributed by atoms with E-state index in [0.29, 0.717) is 5.88 Å². The van der Waals surface area contributed by atoms with Gasteiger partial charge in [-0.15, -0.1) is 0 Å². The molecule has 0 amide bonds. The predicted octanol–water partition coefficient (Wildman–Crippen LogP) is 4.44. The number of nitrogens with zero attached hydrogens (tertiary/aromatic N) is 2. The lowest BCUT2D eigenvalue weighted by molar-refractivity contribution is 0.448. The number of hydrogen-bond donors (Lipinski definition) is 1. The summed E-state index contributed by atoms with van der Waals surface area (Å²) in [5, 5.41) is 13.7. The summed E-state index contributed by atoms with van der Waals surface area (Å²) in [6.45, 7) is 4.14. The minimum absolute atomic E-state index is 0.297. The molecule has 0 radical (unpaired) electrons. The van der Waals surface area contributed by atoms with E-state index in [4.69, 9.17) is 0 Å². The van der Waals surface area contributed by atoms with E-state index in [1.165, 1.54) is 16.6 Å². The number of hydrogen-bond acceptors (Lipinski definition) is 1. The van der Waals surface area contributed by atoms with E-state index in [1.807, 2.05) is 35.9 Å². The SMILES string of the molecule is Cc1ccc2cn(-c3ccc4c(c3)cc(C)n4C)c(O)c2c1. The third-order valence-electron chi connectivity index (χ3n) is 4.49. The first-order chi connectivity index (χ1) is 10.5. The molecule has 0 fully saturated rings. The molecule has 3 heteroatoms. The van der Waals surface area contributed by atoms with E-state index in [-0.39, 0.29) is 0 Å². The largest absolute Gasteiger partial charge is 0.494 e. The lowest BCUT2D eigenvalue weighted by Crippen LogP contribution is -1.92. The second-order valence-corrected chi connectivity index (χ2v) is 6.00. The number of aryl methyl sites for hydroxylation is 3. The maximum atomic E-state index is 10.6. The maximum Gasteiger partial charge on any atom is 0.203 e. The van der Waals surface area contributed by atoms with Gasteiger partial charge in [-0.3, -0.25) is 4.57 Å².